The standard InChI is InChI=1S/2C5H6N2.C4H4N2O/c1-5-2-6-4-7-3-5;1-5-2-3-6-4-7-5;7-4-5-2-1-3-6-4/h2,4H,1,3H2;2-4H,1H2,(H,6,7);1-3H,(H,5,6,7). The predicted octanol–water partition coefficient (Wildman–Crippen LogP) is 1.07. The number of allylic oxidation sites excluding steroid dienone is 1. The van der Waals surface area contributed by atoms with Gasteiger partial charge < -0.3 is 10.3 Å². The number of nitrogens with zero attached hydrogens (tertiary/aromatic N) is 4. The first kappa shape index (κ1) is 16.0. The Balaban J connectivity index is 0.000000157. The number of rotatable bonds is 0. The molecule has 1 aromatic rings. The van der Waals surface area contributed by atoms with Gasteiger partial charge in [0.05, 0.1) is 12.9 Å². The van der Waals surface area contributed by atoms with E-state index in [1.54, 1.807) is 30.9 Å². The van der Waals surface area contributed by atoms with Crippen LogP contribution in [0, 0.1) is 0 Å². The lowest BCUT2D eigenvalue weighted by atomic mass is 10.3. The molecule has 0 bridgehead atoms. The highest BCUT2D eigenvalue weighted by atomic mass is 16.1. The number of hydrogen-bond acceptors (Lipinski definition) is 6. The topological polar surface area (TPSA) is 94.9 Å². The van der Waals surface area contributed by atoms with Crippen LogP contribution in [0.5, 0.6) is 0 Å². The summed E-state index contributed by atoms with van der Waals surface area (Å²) in [6.45, 7) is 7.99. The van der Waals surface area contributed by atoms with Gasteiger partial charge in [-0.1, -0.05) is 13.2 Å². The zero-order chi connectivity index (χ0) is 15.3. The van der Waals surface area contributed by atoms with Gasteiger partial charge in [-0.15, -0.1) is 0 Å². The number of nitrogens with one attached hydrogen (secondary N) is 2. The molecule has 7 nitrogen and oxygen atoms in total. The third kappa shape index (κ3) is 8.60. The lowest BCUT2D eigenvalue weighted by molar-refractivity contribution is 1.08. The largest absolute Gasteiger partial charge is 0.347 e. The van der Waals surface area contributed by atoms with Crippen LogP contribution in [0.3, 0.4) is 0 Å². The molecule has 0 radical (unpaired) electrons. The van der Waals surface area contributed by atoms with Gasteiger partial charge in [-0.2, -0.15) is 0 Å². The molecule has 108 valence electrons. The Morgan fingerprint density at radius 2 is 2.10 bits per heavy atom. The summed E-state index contributed by atoms with van der Waals surface area (Å²) in [5, 5.41) is 2.81. The van der Waals surface area contributed by atoms with Crippen LogP contribution in [-0.4, -0.2) is 35.4 Å². The quantitative estimate of drug-likeness (QED) is 0.746. The maximum atomic E-state index is 10.1. The molecule has 0 fully saturated rings. The maximum Gasteiger partial charge on any atom is 0.344 e. The molecular weight excluding hydrogens is 268 g/mol. The van der Waals surface area contributed by atoms with Crippen LogP contribution in [-0.2, 0) is 0 Å². The van der Waals surface area contributed by atoms with E-state index < -0.39 is 0 Å². The van der Waals surface area contributed by atoms with Crippen molar-refractivity contribution in [2.45, 2.75) is 0 Å². The molecule has 0 spiro atoms. The third-order valence-electron chi connectivity index (χ3n) is 1.97. The van der Waals surface area contributed by atoms with Gasteiger partial charge in [0.1, 0.15) is 6.34 Å². The van der Waals surface area contributed by atoms with E-state index in [4.69, 9.17) is 0 Å². The Morgan fingerprint density at radius 1 is 1.24 bits per heavy atom. The zero-order valence-electron chi connectivity index (χ0n) is 11.4. The molecule has 3 heterocycles. The van der Waals surface area contributed by atoms with E-state index in [1.807, 2.05) is 0 Å². The van der Waals surface area contributed by atoms with Crippen molar-refractivity contribution in [1.29, 1.82) is 0 Å². The summed E-state index contributed by atoms with van der Waals surface area (Å²) < 4.78 is 0. The van der Waals surface area contributed by atoms with Crippen molar-refractivity contribution in [2.75, 3.05) is 6.54 Å². The summed E-state index contributed by atoms with van der Waals surface area (Å²) in [6, 6.07) is 1.65. The highest BCUT2D eigenvalue weighted by molar-refractivity contribution is 5.87. The molecule has 0 aliphatic carbocycles. The van der Waals surface area contributed by atoms with E-state index in [0.717, 1.165) is 11.3 Å². The van der Waals surface area contributed by atoms with Gasteiger partial charge in [0.15, 0.2) is 0 Å². The summed E-state index contributed by atoms with van der Waals surface area (Å²) in [5.41, 5.74) is 1.56. The third-order valence-corrected chi connectivity index (χ3v) is 1.97. The molecule has 21 heavy (non-hydrogen) atoms. The zero-order valence-corrected chi connectivity index (χ0v) is 11.4. The number of aromatic amines is 1. The fourth-order valence-corrected chi connectivity index (χ4v) is 1.04. The summed E-state index contributed by atoms with van der Waals surface area (Å²) in [6.07, 6.45) is 11.3. The first-order valence-electron chi connectivity index (χ1n) is 6.01. The Morgan fingerprint density at radius 3 is 2.38 bits per heavy atom. The molecule has 2 aliphatic rings. The van der Waals surface area contributed by atoms with Gasteiger partial charge in [0, 0.05) is 30.5 Å². The molecule has 0 saturated carbocycles. The summed E-state index contributed by atoms with van der Waals surface area (Å²) in [4.78, 5) is 27.2. The molecule has 2 aliphatic heterocycles. The smallest absolute Gasteiger partial charge is 0.344 e. The van der Waals surface area contributed by atoms with Crippen LogP contribution in [0.25, 0.3) is 0 Å². The molecule has 0 atom stereocenters. The number of hydrogen-bond donors (Lipinski definition) is 2. The van der Waals surface area contributed by atoms with Gasteiger partial charge >= 0.3 is 5.69 Å². The van der Waals surface area contributed by atoms with Gasteiger partial charge in [-0.05, 0) is 17.7 Å². The number of aromatic nitrogens is 2. The van der Waals surface area contributed by atoms with Crippen molar-refractivity contribution in [3.8, 4) is 0 Å². The minimum Gasteiger partial charge on any atom is -0.347 e. The molecule has 0 unspecified atom stereocenters. The minimum atomic E-state index is -0.303. The van der Waals surface area contributed by atoms with Crippen LogP contribution in [0.1, 0.15) is 0 Å². The predicted molar refractivity (Wildman–Crippen MR) is 85.8 cm³/mol. The molecular formula is C14H16N6O. The highest BCUT2D eigenvalue weighted by Gasteiger charge is 1.87. The summed E-state index contributed by atoms with van der Waals surface area (Å²) in [7, 11) is 0. The van der Waals surface area contributed by atoms with E-state index in [2.05, 4.69) is 43.4 Å². The van der Waals surface area contributed by atoms with Gasteiger partial charge in [-0.25, -0.2) is 19.8 Å². The Labute approximate surface area is 122 Å². The Bertz CT molecular complexity index is 587. The van der Waals surface area contributed by atoms with Crippen LogP contribution in [0.2, 0.25) is 0 Å². The Kier molecular flexibility index (Phi) is 7.44. The van der Waals surface area contributed by atoms with E-state index in [0.29, 0.717) is 6.54 Å². The van der Waals surface area contributed by atoms with E-state index in [-0.39, 0.29) is 5.69 Å². The average Bonchev–Trinajstić information content (AvgIpc) is 2.51. The first-order valence-corrected chi connectivity index (χ1v) is 6.01. The number of H-pyrrole nitrogens is 1. The lowest BCUT2D eigenvalue weighted by Crippen LogP contribution is -2.08. The molecule has 0 saturated heterocycles. The SMILES string of the molecule is C=C1C=CN=CN1.C=C1C=NC=NC1.O=c1nccc[nH]1. The van der Waals surface area contributed by atoms with Crippen molar-refractivity contribution in [3.05, 3.63) is 65.6 Å². The molecule has 0 amide bonds. The van der Waals surface area contributed by atoms with Crippen molar-refractivity contribution < 1.29 is 0 Å². The molecule has 0 aromatic carbocycles. The molecule has 3 rings (SSSR count). The van der Waals surface area contributed by atoms with Crippen molar-refractivity contribution in [2.24, 2.45) is 15.0 Å². The van der Waals surface area contributed by atoms with Crippen LogP contribution < -0.4 is 11.0 Å². The van der Waals surface area contributed by atoms with Crippen molar-refractivity contribution in [1.82, 2.24) is 15.3 Å². The fourth-order valence-electron chi connectivity index (χ4n) is 1.04. The second kappa shape index (κ2) is 9.79. The monoisotopic (exact) mass is 284 g/mol. The van der Waals surface area contributed by atoms with Crippen molar-refractivity contribution in [3.63, 3.8) is 0 Å². The number of aliphatic imine (C=N–C) groups is 3. The molecule has 2 N–H and O–H groups in total. The second-order valence-electron chi connectivity index (χ2n) is 3.74. The normalized spacial score (nSPS) is 14.5. The summed E-state index contributed by atoms with van der Waals surface area (Å²) >= 11 is 0. The van der Waals surface area contributed by atoms with E-state index in [9.17, 15) is 4.79 Å². The molecule has 7 heteroatoms. The average molecular weight is 284 g/mol. The van der Waals surface area contributed by atoms with Crippen LogP contribution in [0.4, 0.5) is 0 Å². The maximum absolute atomic E-state index is 10.1. The van der Waals surface area contributed by atoms with Crippen LogP contribution >= 0.6 is 0 Å². The summed E-state index contributed by atoms with van der Waals surface area (Å²) in [5.74, 6) is 0. The van der Waals surface area contributed by atoms with Gasteiger partial charge in [0.2, 0.25) is 0 Å². The van der Waals surface area contributed by atoms with Crippen molar-refractivity contribution >= 4 is 18.9 Å². The van der Waals surface area contributed by atoms with Gasteiger partial charge in [-0.3, -0.25) is 4.99 Å². The highest BCUT2D eigenvalue weighted by Crippen LogP contribution is 1.89. The first-order chi connectivity index (χ1) is 10.2. The van der Waals surface area contributed by atoms with Crippen LogP contribution in [0.15, 0.2) is 74.9 Å². The second-order valence-corrected chi connectivity index (χ2v) is 3.74. The van der Waals surface area contributed by atoms with E-state index >= 15 is 0 Å². The van der Waals surface area contributed by atoms with E-state index in [1.165, 1.54) is 18.7 Å². The minimum absolute atomic E-state index is 0.303. The fraction of sp³-hybridized carbons (Fsp3) is 0.0714. The lowest BCUT2D eigenvalue weighted by Gasteiger charge is -1.98. The van der Waals surface area contributed by atoms with Gasteiger partial charge in [0.25, 0.3) is 0 Å². The Hall–Kier alpha value is -3.09. The molecule has 1 aromatic heterocycles.